The molecule has 0 saturated heterocycles. The maximum atomic E-state index is 13.8. The van der Waals surface area contributed by atoms with Crippen LogP contribution in [0.4, 0.5) is 4.39 Å². The van der Waals surface area contributed by atoms with Crippen LogP contribution >= 0.6 is 15.9 Å². The number of ether oxygens (including phenoxy) is 2. The highest BCUT2D eigenvalue weighted by Crippen LogP contribution is 2.29. The van der Waals surface area contributed by atoms with Gasteiger partial charge in [0.25, 0.3) is 5.91 Å². The fraction of sp³-hybridized carbons (Fsp3) is 0.316. The summed E-state index contributed by atoms with van der Waals surface area (Å²) < 4.78 is 25.0. The lowest BCUT2D eigenvalue weighted by Crippen LogP contribution is -2.36. The second kappa shape index (κ2) is 7.87. The van der Waals surface area contributed by atoms with Crippen molar-refractivity contribution in [3.05, 3.63) is 58.3 Å². The zero-order chi connectivity index (χ0) is 17.8. The van der Waals surface area contributed by atoms with Crippen LogP contribution in [0, 0.1) is 5.82 Å². The lowest BCUT2D eigenvalue weighted by atomic mass is 10.2. The van der Waals surface area contributed by atoms with E-state index in [1.165, 1.54) is 12.1 Å². The van der Waals surface area contributed by atoms with E-state index in [9.17, 15) is 9.18 Å². The highest BCUT2D eigenvalue weighted by atomic mass is 79.9. The quantitative estimate of drug-likeness (QED) is 0.691. The van der Waals surface area contributed by atoms with Crippen LogP contribution in [0.1, 0.15) is 18.4 Å². The number of nitrogens with zero attached hydrogens (tertiary/aromatic N) is 1. The Morgan fingerprint density at radius 3 is 2.56 bits per heavy atom. The van der Waals surface area contributed by atoms with E-state index in [1.807, 2.05) is 24.3 Å². The van der Waals surface area contributed by atoms with Gasteiger partial charge in [0.2, 0.25) is 0 Å². The fourth-order valence-electron chi connectivity index (χ4n) is 2.55. The van der Waals surface area contributed by atoms with Crippen LogP contribution in [0.25, 0.3) is 0 Å². The molecular formula is C19H19BrFNO3. The van der Waals surface area contributed by atoms with Crippen LogP contribution in [-0.4, -0.2) is 30.6 Å². The Kier molecular flexibility index (Phi) is 5.58. The van der Waals surface area contributed by atoms with Crippen LogP contribution in [0.3, 0.4) is 0 Å². The number of methoxy groups -OCH3 is 1. The first-order valence-corrected chi connectivity index (χ1v) is 8.86. The number of rotatable bonds is 7. The Labute approximate surface area is 154 Å². The van der Waals surface area contributed by atoms with Gasteiger partial charge in [-0.1, -0.05) is 28.1 Å². The smallest absolute Gasteiger partial charge is 0.261 e. The first-order chi connectivity index (χ1) is 12.1. The number of hydrogen-bond acceptors (Lipinski definition) is 3. The van der Waals surface area contributed by atoms with E-state index < -0.39 is 5.82 Å². The Bertz CT molecular complexity index is 747. The number of carbonyl (C=O) groups is 1. The normalized spacial score (nSPS) is 13.4. The molecule has 0 aromatic heterocycles. The summed E-state index contributed by atoms with van der Waals surface area (Å²) in [4.78, 5) is 14.4. The van der Waals surface area contributed by atoms with Gasteiger partial charge in [-0.3, -0.25) is 4.79 Å². The second-order valence-corrected chi connectivity index (χ2v) is 6.88. The standard InChI is InChI=1S/C19H19BrFNO3/c1-24-16-7-2-13(3-8-16)11-22(15-5-6-15)19(23)12-25-18-9-4-14(20)10-17(18)21/h2-4,7-10,15H,5-6,11-12H2,1H3. The molecule has 1 fully saturated rings. The number of amides is 1. The highest BCUT2D eigenvalue weighted by Gasteiger charge is 2.32. The van der Waals surface area contributed by atoms with E-state index in [0.29, 0.717) is 11.0 Å². The van der Waals surface area contributed by atoms with E-state index in [0.717, 1.165) is 24.2 Å². The topological polar surface area (TPSA) is 38.8 Å². The summed E-state index contributed by atoms with van der Waals surface area (Å²) in [7, 11) is 1.62. The second-order valence-electron chi connectivity index (χ2n) is 5.96. The van der Waals surface area contributed by atoms with E-state index in [-0.39, 0.29) is 24.3 Å². The monoisotopic (exact) mass is 407 g/mol. The Morgan fingerprint density at radius 1 is 1.24 bits per heavy atom. The predicted molar refractivity (Wildman–Crippen MR) is 96.2 cm³/mol. The summed E-state index contributed by atoms with van der Waals surface area (Å²) in [5.41, 5.74) is 1.02. The maximum absolute atomic E-state index is 13.8. The van der Waals surface area contributed by atoms with Gasteiger partial charge in [0.05, 0.1) is 7.11 Å². The van der Waals surface area contributed by atoms with Crippen LogP contribution < -0.4 is 9.47 Å². The van der Waals surface area contributed by atoms with Crippen LogP contribution in [-0.2, 0) is 11.3 Å². The SMILES string of the molecule is COc1ccc(CN(C(=O)COc2ccc(Br)cc2F)C2CC2)cc1. The molecule has 0 atom stereocenters. The van der Waals surface area contributed by atoms with Crippen LogP contribution in [0.5, 0.6) is 11.5 Å². The van der Waals surface area contributed by atoms with Gasteiger partial charge in [-0.15, -0.1) is 0 Å². The molecule has 0 N–H and O–H groups in total. The van der Waals surface area contributed by atoms with Crippen molar-refractivity contribution in [3.8, 4) is 11.5 Å². The molecule has 25 heavy (non-hydrogen) atoms. The average molecular weight is 408 g/mol. The average Bonchev–Trinajstić information content (AvgIpc) is 3.44. The van der Waals surface area contributed by atoms with Gasteiger partial charge in [-0.2, -0.15) is 0 Å². The first kappa shape index (κ1) is 17.7. The van der Waals surface area contributed by atoms with Gasteiger partial charge < -0.3 is 14.4 Å². The van der Waals surface area contributed by atoms with Crippen molar-refractivity contribution in [3.63, 3.8) is 0 Å². The van der Waals surface area contributed by atoms with E-state index in [2.05, 4.69) is 15.9 Å². The van der Waals surface area contributed by atoms with Crippen molar-refractivity contribution < 1.29 is 18.7 Å². The lowest BCUT2D eigenvalue weighted by molar-refractivity contribution is -0.134. The van der Waals surface area contributed by atoms with Gasteiger partial charge in [0, 0.05) is 17.1 Å². The molecule has 2 aromatic rings. The van der Waals surface area contributed by atoms with Crippen molar-refractivity contribution in [1.82, 2.24) is 4.90 Å². The number of halogens is 2. The molecule has 0 aliphatic heterocycles. The molecule has 1 saturated carbocycles. The third kappa shape index (κ3) is 4.72. The molecule has 2 aromatic carbocycles. The minimum Gasteiger partial charge on any atom is -0.497 e. The van der Waals surface area contributed by atoms with Crippen molar-refractivity contribution in [2.24, 2.45) is 0 Å². The Morgan fingerprint density at radius 2 is 1.96 bits per heavy atom. The minimum atomic E-state index is -0.490. The summed E-state index contributed by atoms with van der Waals surface area (Å²) in [5, 5.41) is 0. The molecule has 0 heterocycles. The van der Waals surface area contributed by atoms with E-state index >= 15 is 0 Å². The first-order valence-electron chi connectivity index (χ1n) is 8.07. The van der Waals surface area contributed by atoms with Gasteiger partial charge in [-0.05, 0) is 48.7 Å². The lowest BCUT2D eigenvalue weighted by Gasteiger charge is -2.23. The molecule has 0 unspecified atom stereocenters. The zero-order valence-electron chi connectivity index (χ0n) is 13.9. The molecule has 6 heteroatoms. The summed E-state index contributed by atoms with van der Waals surface area (Å²) in [6.07, 6.45) is 1.99. The molecule has 0 spiro atoms. The summed E-state index contributed by atoms with van der Waals surface area (Å²) in [6.45, 7) is 0.338. The maximum Gasteiger partial charge on any atom is 0.261 e. The van der Waals surface area contributed by atoms with Gasteiger partial charge in [0.1, 0.15) is 5.75 Å². The molecule has 0 bridgehead atoms. The molecule has 132 valence electrons. The largest absolute Gasteiger partial charge is 0.497 e. The summed E-state index contributed by atoms with van der Waals surface area (Å²) >= 11 is 3.19. The Balaban J connectivity index is 1.62. The third-order valence-corrected chi connectivity index (χ3v) is 4.56. The molecule has 4 nitrogen and oxygen atoms in total. The van der Waals surface area contributed by atoms with E-state index in [4.69, 9.17) is 9.47 Å². The number of benzene rings is 2. The van der Waals surface area contributed by atoms with Crippen molar-refractivity contribution in [2.45, 2.75) is 25.4 Å². The zero-order valence-corrected chi connectivity index (χ0v) is 15.5. The van der Waals surface area contributed by atoms with Crippen LogP contribution in [0.15, 0.2) is 46.9 Å². The molecule has 3 rings (SSSR count). The van der Waals surface area contributed by atoms with Crippen molar-refractivity contribution >= 4 is 21.8 Å². The highest BCUT2D eigenvalue weighted by molar-refractivity contribution is 9.10. The summed E-state index contributed by atoms with van der Waals surface area (Å²) in [5.74, 6) is 0.231. The van der Waals surface area contributed by atoms with Gasteiger partial charge in [-0.25, -0.2) is 4.39 Å². The molecule has 1 aliphatic rings. The molecule has 1 amide bonds. The Hall–Kier alpha value is -2.08. The molecule has 1 aliphatic carbocycles. The van der Waals surface area contributed by atoms with Gasteiger partial charge >= 0.3 is 0 Å². The summed E-state index contributed by atoms with van der Waals surface area (Å²) in [6, 6.07) is 12.4. The molecule has 0 radical (unpaired) electrons. The minimum absolute atomic E-state index is 0.0803. The fourth-order valence-corrected chi connectivity index (χ4v) is 2.88. The number of carbonyl (C=O) groups excluding carboxylic acids is 1. The third-order valence-electron chi connectivity index (χ3n) is 4.07. The predicted octanol–water partition coefficient (Wildman–Crippen LogP) is 4.17. The number of hydrogen-bond donors (Lipinski definition) is 0. The van der Waals surface area contributed by atoms with Crippen molar-refractivity contribution in [1.29, 1.82) is 0 Å². The molecular weight excluding hydrogens is 389 g/mol. The van der Waals surface area contributed by atoms with Crippen LogP contribution in [0.2, 0.25) is 0 Å². The van der Waals surface area contributed by atoms with E-state index in [1.54, 1.807) is 18.1 Å². The van der Waals surface area contributed by atoms with Gasteiger partial charge in [0.15, 0.2) is 18.2 Å². The van der Waals surface area contributed by atoms with Crippen molar-refractivity contribution in [2.75, 3.05) is 13.7 Å².